The maximum Gasteiger partial charge on any atom is 0.407 e. The molecule has 4 nitrogen and oxygen atoms in total. The number of methoxy groups -OCH3 is 1. The number of Topliss-reactive ketones (excluding diaryl/α,β-unsaturated/α-hetero) is 1. The van der Waals surface area contributed by atoms with E-state index in [0.29, 0.717) is 0 Å². The van der Waals surface area contributed by atoms with Crippen molar-refractivity contribution in [1.82, 2.24) is 5.32 Å². The highest BCUT2D eigenvalue weighted by Crippen LogP contribution is 1.96. The van der Waals surface area contributed by atoms with Crippen molar-refractivity contribution in [2.24, 2.45) is 0 Å². The summed E-state index contributed by atoms with van der Waals surface area (Å²) in [6.45, 7) is 5.13. The standard InChI is InChI=1S/C9H15NO3/c1-6(2)5-8(7(3)11)10-9(12)13-4/h5,8H,1-4H3,(H,10,12). The normalized spacial score (nSPS) is 11.4. The minimum Gasteiger partial charge on any atom is -0.453 e. The third-order valence-electron chi connectivity index (χ3n) is 1.40. The number of alkyl carbamates (subject to hydrolysis) is 1. The van der Waals surface area contributed by atoms with E-state index in [1.807, 2.05) is 13.8 Å². The first-order valence-electron chi connectivity index (χ1n) is 3.97. The Morgan fingerprint density at radius 1 is 1.31 bits per heavy atom. The van der Waals surface area contributed by atoms with Gasteiger partial charge in [0, 0.05) is 0 Å². The molecule has 0 saturated heterocycles. The van der Waals surface area contributed by atoms with E-state index >= 15 is 0 Å². The molecular formula is C9H15NO3. The quantitative estimate of drug-likeness (QED) is 0.673. The maximum atomic E-state index is 11.0. The van der Waals surface area contributed by atoms with Crippen molar-refractivity contribution < 1.29 is 14.3 Å². The van der Waals surface area contributed by atoms with Crippen LogP contribution in [0.15, 0.2) is 11.6 Å². The predicted octanol–water partition coefficient (Wildman–Crippen LogP) is 1.27. The number of hydrogen-bond donors (Lipinski definition) is 1. The Labute approximate surface area is 78.0 Å². The van der Waals surface area contributed by atoms with Crippen LogP contribution in [-0.4, -0.2) is 25.0 Å². The van der Waals surface area contributed by atoms with Gasteiger partial charge in [-0.1, -0.05) is 11.6 Å². The van der Waals surface area contributed by atoms with Crippen LogP contribution in [-0.2, 0) is 9.53 Å². The number of allylic oxidation sites excluding steroid dienone is 1. The molecule has 0 bridgehead atoms. The SMILES string of the molecule is COC(=O)NC(C=C(C)C)C(C)=O. The zero-order chi connectivity index (χ0) is 10.4. The molecule has 0 rings (SSSR count). The van der Waals surface area contributed by atoms with Gasteiger partial charge in [0.1, 0.15) is 6.04 Å². The van der Waals surface area contributed by atoms with E-state index in [-0.39, 0.29) is 5.78 Å². The first-order valence-corrected chi connectivity index (χ1v) is 3.97. The van der Waals surface area contributed by atoms with Crippen LogP contribution in [0.25, 0.3) is 0 Å². The van der Waals surface area contributed by atoms with Crippen LogP contribution in [0.4, 0.5) is 4.79 Å². The first kappa shape index (κ1) is 11.7. The summed E-state index contributed by atoms with van der Waals surface area (Å²) in [5.74, 6) is -0.119. The molecule has 0 aliphatic heterocycles. The second-order valence-corrected chi connectivity index (χ2v) is 2.97. The molecule has 0 fully saturated rings. The molecule has 0 saturated carbocycles. The summed E-state index contributed by atoms with van der Waals surface area (Å²) in [6, 6.07) is -0.586. The molecule has 1 unspecified atom stereocenters. The average molecular weight is 185 g/mol. The minimum absolute atomic E-state index is 0.119. The van der Waals surface area contributed by atoms with Crippen LogP contribution in [0.3, 0.4) is 0 Å². The fourth-order valence-corrected chi connectivity index (χ4v) is 0.780. The van der Waals surface area contributed by atoms with Gasteiger partial charge in [0.05, 0.1) is 7.11 Å². The summed E-state index contributed by atoms with van der Waals surface area (Å²) in [7, 11) is 1.26. The Hall–Kier alpha value is -1.32. The predicted molar refractivity (Wildman–Crippen MR) is 49.4 cm³/mol. The molecule has 0 aromatic heterocycles. The maximum absolute atomic E-state index is 11.0. The van der Waals surface area contributed by atoms with Gasteiger partial charge in [-0.05, 0) is 20.8 Å². The average Bonchev–Trinajstić information content (AvgIpc) is 2.02. The van der Waals surface area contributed by atoms with Gasteiger partial charge in [-0.3, -0.25) is 4.79 Å². The fraction of sp³-hybridized carbons (Fsp3) is 0.556. The third kappa shape index (κ3) is 5.00. The minimum atomic E-state index is -0.599. The Balaban J connectivity index is 4.36. The lowest BCUT2D eigenvalue weighted by Gasteiger charge is -2.10. The third-order valence-corrected chi connectivity index (χ3v) is 1.40. The second kappa shape index (κ2) is 5.35. The summed E-state index contributed by atoms with van der Waals surface area (Å²) in [6.07, 6.45) is 1.08. The van der Waals surface area contributed by atoms with Gasteiger partial charge in [0.25, 0.3) is 0 Å². The second-order valence-electron chi connectivity index (χ2n) is 2.97. The van der Waals surface area contributed by atoms with Gasteiger partial charge in [-0.15, -0.1) is 0 Å². The number of amides is 1. The molecule has 13 heavy (non-hydrogen) atoms. The van der Waals surface area contributed by atoms with Crippen LogP contribution in [0.5, 0.6) is 0 Å². The number of nitrogens with one attached hydrogen (secondary N) is 1. The van der Waals surface area contributed by atoms with Crippen molar-refractivity contribution in [3.63, 3.8) is 0 Å². The molecule has 0 spiro atoms. The van der Waals surface area contributed by atoms with Gasteiger partial charge in [-0.2, -0.15) is 0 Å². The largest absolute Gasteiger partial charge is 0.453 e. The summed E-state index contributed by atoms with van der Waals surface area (Å²) < 4.78 is 4.38. The summed E-state index contributed by atoms with van der Waals surface area (Å²) >= 11 is 0. The monoisotopic (exact) mass is 185 g/mol. The molecule has 0 aliphatic carbocycles. The Kier molecular flexibility index (Phi) is 4.80. The summed E-state index contributed by atoms with van der Waals surface area (Å²) in [5, 5.41) is 2.41. The zero-order valence-corrected chi connectivity index (χ0v) is 8.38. The molecule has 0 aromatic rings. The molecular weight excluding hydrogens is 170 g/mol. The van der Waals surface area contributed by atoms with Crippen molar-refractivity contribution >= 4 is 11.9 Å². The van der Waals surface area contributed by atoms with E-state index in [4.69, 9.17) is 0 Å². The number of rotatable bonds is 3. The van der Waals surface area contributed by atoms with Crippen LogP contribution >= 0.6 is 0 Å². The van der Waals surface area contributed by atoms with Gasteiger partial charge >= 0.3 is 6.09 Å². The van der Waals surface area contributed by atoms with E-state index in [2.05, 4.69) is 10.1 Å². The lowest BCUT2D eigenvalue weighted by Crippen LogP contribution is -2.38. The lowest BCUT2D eigenvalue weighted by molar-refractivity contribution is -0.117. The smallest absolute Gasteiger partial charge is 0.407 e. The van der Waals surface area contributed by atoms with Gasteiger partial charge in [0.15, 0.2) is 5.78 Å². The highest BCUT2D eigenvalue weighted by molar-refractivity contribution is 5.87. The highest BCUT2D eigenvalue weighted by Gasteiger charge is 2.13. The van der Waals surface area contributed by atoms with Crippen LogP contribution < -0.4 is 5.32 Å². The van der Waals surface area contributed by atoms with Gasteiger partial charge in [-0.25, -0.2) is 4.79 Å². The van der Waals surface area contributed by atoms with E-state index in [9.17, 15) is 9.59 Å². The van der Waals surface area contributed by atoms with Gasteiger partial charge < -0.3 is 10.1 Å². The van der Waals surface area contributed by atoms with Crippen molar-refractivity contribution in [3.05, 3.63) is 11.6 Å². The first-order chi connectivity index (χ1) is 5.97. The van der Waals surface area contributed by atoms with Crippen LogP contribution in [0.2, 0.25) is 0 Å². The number of carbonyl (C=O) groups is 2. The van der Waals surface area contributed by atoms with Crippen LogP contribution in [0, 0.1) is 0 Å². The van der Waals surface area contributed by atoms with Crippen molar-refractivity contribution in [2.75, 3.05) is 7.11 Å². The topological polar surface area (TPSA) is 55.4 Å². The lowest BCUT2D eigenvalue weighted by atomic mass is 10.1. The number of carbonyl (C=O) groups excluding carboxylic acids is 2. The number of ketones is 1. The van der Waals surface area contributed by atoms with Crippen molar-refractivity contribution in [2.45, 2.75) is 26.8 Å². The summed E-state index contributed by atoms with van der Waals surface area (Å²) in [5.41, 5.74) is 0.969. The molecule has 0 radical (unpaired) electrons. The number of hydrogen-bond acceptors (Lipinski definition) is 3. The molecule has 1 amide bonds. The Morgan fingerprint density at radius 3 is 2.15 bits per heavy atom. The molecule has 4 heteroatoms. The van der Waals surface area contributed by atoms with E-state index in [0.717, 1.165) is 5.57 Å². The fourth-order valence-electron chi connectivity index (χ4n) is 0.780. The van der Waals surface area contributed by atoms with Crippen molar-refractivity contribution in [3.8, 4) is 0 Å². The van der Waals surface area contributed by atoms with E-state index in [1.54, 1.807) is 6.08 Å². The molecule has 1 N–H and O–H groups in total. The molecule has 0 aliphatic rings. The Morgan fingerprint density at radius 2 is 1.85 bits per heavy atom. The summed E-state index contributed by atoms with van der Waals surface area (Å²) in [4.78, 5) is 21.8. The van der Waals surface area contributed by atoms with Crippen molar-refractivity contribution in [1.29, 1.82) is 0 Å². The molecule has 0 heterocycles. The molecule has 1 atom stereocenters. The van der Waals surface area contributed by atoms with E-state index < -0.39 is 12.1 Å². The zero-order valence-electron chi connectivity index (χ0n) is 8.38. The number of ether oxygens (including phenoxy) is 1. The van der Waals surface area contributed by atoms with Gasteiger partial charge in [0.2, 0.25) is 0 Å². The van der Waals surface area contributed by atoms with Crippen LogP contribution in [0.1, 0.15) is 20.8 Å². The molecule has 74 valence electrons. The Bertz CT molecular complexity index is 229. The highest BCUT2D eigenvalue weighted by atomic mass is 16.5. The molecule has 0 aromatic carbocycles. The van der Waals surface area contributed by atoms with E-state index in [1.165, 1.54) is 14.0 Å².